The first kappa shape index (κ1) is 17.9. The number of benzene rings is 1. The van der Waals surface area contributed by atoms with Gasteiger partial charge in [0.1, 0.15) is 11.4 Å². The van der Waals surface area contributed by atoms with Crippen molar-refractivity contribution >= 4 is 11.5 Å². The van der Waals surface area contributed by atoms with Gasteiger partial charge in [0.15, 0.2) is 11.6 Å². The number of hydrogen-bond acceptors (Lipinski definition) is 6. The van der Waals surface area contributed by atoms with Crippen LogP contribution in [0.5, 0.6) is 5.75 Å². The molecule has 8 heteroatoms. The van der Waals surface area contributed by atoms with Crippen molar-refractivity contribution in [3.63, 3.8) is 0 Å². The number of nitrogens with two attached hydrogens (primary N) is 1. The fraction of sp³-hybridized carbons (Fsp3) is 0.300. The van der Waals surface area contributed by atoms with Gasteiger partial charge in [-0.25, -0.2) is 14.6 Å². The van der Waals surface area contributed by atoms with Gasteiger partial charge in [-0.15, -0.1) is 0 Å². The molecule has 28 heavy (non-hydrogen) atoms. The maximum Gasteiger partial charge on any atom is 0.392 e. The summed E-state index contributed by atoms with van der Waals surface area (Å²) in [6.07, 6.45) is 3.54. The summed E-state index contributed by atoms with van der Waals surface area (Å²) in [7, 11) is 1.58. The number of methoxy groups -OCH3 is 1. The van der Waals surface area contributed by atoms with Crippen LogP contribution in [0.2, 0.25) is 0 Å². The van der Waals surface area contributed by atoms with Gasteiger partial charge in [0.25, 0.3) is 6.57 Å². The van der Waals surface area contributed by atoms with Gasteiger partial charge >= 0.3 is 5.69 Å². The average Bonchev–Trinajstić information content (AvgIpc) is 3.35. The number of para-hydroxylation sites is 1. The Labute approximate surface area is 163 Å². The Kier molecular flexibility index (Phi) is 4.91. The minimum Gasteiger partial charge on any atom is -0.489 e. The first-order valence-electron chi connectivity index (χ1n) is 9.16. The van der Waals surface area contributed by atoms with Crippen molar-refractivity contribution < 1.29 is 4.74 Å². The van der Waals surface area contributed by atoms with Crippen molar-refractivity contribution in [2.45, 2.75) is 19.5 Å². The molecule has 0 atom stereocenters. The molecule has 0 spiro atoms. The van der Waals surface area contributed by atoms with Crippen LogP contribution in [-0.2, 0) is 19.5 Å². The zero-order valence-electron chi connectivity index (χ0n) is 15.7. The first-order valence-corrected chi connectivity index (χ1v) is 9.16. The lowest BCUT2D eigenvalue weighted by Crippen LogP contribution is -2.24. The zero-order valence-corrected chi connectivity index (χ0v) is 15.7. The molecule has 0 amide bonds. The fourth-order valence-electron chi connectivity index (χ4n) is 3.55. The van der Waals surface area contributed by atoms with Crippen LogP contribution in [0.4, 0.5) is 11.5 Å². The molecule has 0 saturated carbocycles. The van der Waals surface area contributed by atoms with Gasteiger partial charge in [-0.2, -0.15) is 5.10 Å². The molecule has 0 bridgehead atoms. The molecule has 8 nitrogen and oxygen atoms in total. The number of nitrogens with zero attached hydrogens (tertiary/aromatic N) is 6. The van der Waals surface area contributed by atoms with Gasteiger partial charge in [0.05, 0.1) is 13.8 Å². The van der Waals surface area contributed by atoms with Crippen LogP contribution in [0.3, 0.4) is 0 Å². The van der Waals surface area contributed by atoms with E-state index in [4.69, 9.17) is 22.0 Å². The molecular formula is C20H22N7O+. The third-order valence-corrected chi connectivity index (χ3v) is 4.90. The van der Waals surface area contributed by atoms with Crippen molar-refractivity contribution in [1.82, 2.24) is 19.7 Å². The van der Waals surface area contributed by atoms with Crippen molar-refractivity contribution in [3.8, 4) is 23.7 Å². The van der Waals surface area contributed by atoms with Crippen LogP contribution in [0.1, 0.15) is 11.4 Å². The van der Waals surface area contributed by atoms with Crippen molar-refractivity contribution in [2.75, 3.05) is 25.1 Å². The van der Waals surface area contributed by atoms with Crippen molar-refractivity contribution in [3.05, 3.63) is 52.8 Å². The van der Waals surface area contributed by atoms with E-state index in [0.717, 1.165) is 36.7 Å². The molecule has 0 fully saturated rings. The van der Waals surface area contributed by atoms with E-state index < -0.39 is 0 Å². The normalized spacial score (nSPS) is 12.7. The zero-order chi connectivity index (χ0) is 19.5. The smallest absolute Gasteiger partial charge is 0.392 e. The monoisotopic (exact) mass is 376 g/mol. The van der Waals surface area contributed by atoms with E-state index in [1.54, 1.807) is 17.9 Å². The Morgan fingerprint density at radius 2 is 2.18 bits per heavy atom. The number of rotatable bonds is 6. The molecule has 0 saturated heterocycles. The van der Waals surface area contributed by atoms with E-state index in [2.05, 4.69) is 25.9 Å². The van der Waals surface area contributed by atoms with Gasteiger partial charge in [-0.1, -0.05) is 12.1 Å². The van der Waals surface area contributed by atoms with Crippen LogP contribution >= 0.6 is 0 Å². The number of anilines is 1. The summed E-state index contributed by atoms with van der Waals surface area (Å²) in [6, 6.07) is 9.66. The highest BCUT2D eigenvalue weighted by Gasteiger charge is 2.25. The lowest BCUT2D eigenvalue weighted by Gasteiger charge is -2.16. The molecule has 142 valence electrons. The van der Waals surface area contributed by atoms with Gasteiger partial charge in [-0.3, -0.25) is 0 Å². The Morgan fingerprint density at radius 3 is 2.96 bits per heavy atom. The molecule has 3 aromatic rings. The molecular weight excluding hydrogens is 354 g/mol. The van der Waals surface area contributed by atoms with E-state index in [0.29, 0.717) is 23.7 Å². The number of ether oxygens (including phenoxy) is 1. The summed E-state index contributed by atoms with van der Waals surface area (Å²) in [6.45, 7) is 7.56. The molecule has 2 N–H and O–H groups in total. The molecule has 4 rings (SSSR count). The standard InChI is InChI=1S/C20H22N7O/c1-22-18-15(6-3-7-16(18)28-2)20-24-17(25-27(20)13-21)9-12-26-11-8-14-5-4-10-23-19(14)26/h1,3-7,10H,8-9,11-13,21H2,2H3/q+1. The summed E-state index contributed by atoms with van der Waals surface area (Å²) in [5.74, 6) is 2.97. The fourth-order valence-corrected chi connectivity index (χ4v) is 3.55. The van der Waals surface area contributed by atoms with Crippen LogP contribution in [0, 0.1) is 6.57 Å². The van der Waals surface area contributed by atoms with E-state index in [1.165, 1.54) is 5.56 Å². The molecule has 1 aromatic carbocycles. The number of aromatic nitrogens is 4. The highest BCUT2D eigenvalue weighted by Crippen LogP contribution is 2.37. The molecule has 1 aliphatic heterocycles. The summed E-state index contributed by atoms with van der Waals surface area (Å²) in [5, 5.41) is 4.56. The van der Waals surface area contributed by atoms with E-state index in [1.807, 2.05) is 24.4 Å². The Hall–Kier alpha value is -3.44. The Balaban J connectivity index is 1.59. The average molecular weight is 376 g/mol. The molecule has 0 unspecified atom stereocenters. The maximum atomic E-state index is 5.89. The minimum atomic E-state index is 0.206. The predicted octanol–water partition coefficient (Wildman–Crippen LogP) is 2.46. The third kappa shape index (κ3) is 3.17. The summed E-state index contributed by atoms with van der Waals surface area (Å²) < 4.78 is 7.01. The lowest BCUT2D eigenvalue weighted by molar-refractivity contribution is 0.417. The number of hydrogen-bond donors (Lipinski definition) is 1. The van der Waals surface area contributed by atoms with E-state index >= 15 is 0 Å². The second kappa shape index (κ2) is 7.66. The molecule has 3 heterocycles. The molecule has 2 aromatic heterocycles. The number of pyridine rings is 1. The molecule has 1 aliphatic rings. The predicted molar refractivity (Wildman–Crippen MR) is 108 cm³/mol. The quantitative estimate of drug-likeness (QED) is 0.711. The summed E-state index contributed by atoms with van der Waals surface area (Å²) in [5.41, 5.74) is 8.44. The van der Waals surface area contributed by atoms with Gasteiger partial charge in [0, 0.05) is 25.7 Å². The highest BCUT2D eigenvalue weighted by atomic mass is 16.5. The topological polar surface area (TPSA) is 86.5 Å². The summed E-state index contributed by atoms with van der Waals surface area (Å²) in [4.78, 5) is 15.3. The number of fused-ring (bicyclic) bond motifs is 1. The first-order chi connectivity index (χ1) is 13.7. The maximum absolute atomic E-state index is 5.89. The van der Waals surface area contributed by atoms with Crippen molar-refractivity contribution in [1.29, 1.82) is 0 Å². The minimum absolute atomic E-state index is 0.206. The van der Waals surface area contributed by atoms with Crippen molar-refractivity contribution in [2.24, 2.45) is 5.73 Å². The second-order valence-electron chi connectivity index (χ2n) is 6.49. The lowest BCUT2D eigenvalue weighted by atomic mass is 10.1. The van der Waals surface area contributed by atoms with E-state index in [-0.39, 0.29) is 6.67 Å². The Morgan fingerprint density at radius 1 is 1.29 bits per heavy atom. The SMILES string of the molecule is C#[N+]c1c(OC)cccc1-c1nc(CCN2CCc3cccnc32)nn1CN. The molecule has 0 aliphatic carbocycles. The van der Waals surface area contributed by atoms with Gasteiger partial charge in [0.2, 0.25) is 5.75 Å². The van der Waals surface area contributed by atoms with Crippen LogP contribution in [-0.4, -0.2) is 39.9 Å². The van der Waals surface area contributed by atoms with Crippen LogP contribution in [0.15, 0.2) is 36.5 Å². The molecule has 0 radical (unpaired) electrons. The van der Waals surface area contributed by atoms with Crippen LogP contribution in [0.25, 0.3) is 16.2 Å². The second-order valence-corrected chi connectivity index (χ2v) is 6.49. The highest BCUT2D eigenvalue weighted by molar-refractivity contribution is 5.80. The summed E-state index contributed by atoms with van der Waals surface area (Å²) >= 11 is 0. The Bertz CT molecular complexity index is 1040. The van der Waals surface area contributed by atoms with Gasteiger partial charge in [-0.05, 0) is 35.0 Å². The van der Waals surface area contributed by atoms with E-state index in [9.17, 15) is 0 Å². The van der Waals surface area contributed by atoms with Crippen LogP contribution < -0.4 is 15.4 Å². The van der Waals surface area contributed by atoms with Gasteiger partial charge < -0.3 is 15.4 Å². The largest absolute Gasteiger partial charge is 0.489 e. The third-order valence-electron chi connectivity index (χ3n) is 4.90.